The lowest BCUT2D eigenvalue weighted by molar-refractivity contribution is -0.120. The first-order valence-electron chi connectivity index (χ1n) is 18.4. The highest BCUT2D eigenvalue weighted by Gasteiger charge is 2.44. The van der Waals surface area contributed by atoms with Gasteiger partial charge in [-0.05, 0) is 83.7 Å². The zero-order valence-electron chi connectivity index (χ0n) is 30.2. The van der Waals surface area contributed by atoms with Crippen molar-refractivity contribution in [2.75, 3.05) is 24.6 Å². The monoisotopic (exact) mass is 859 g/mol. The molecule has 3 fully saturated rings. The molecular formula is C32H51Cl2N7O10S3. The van der Waals surface area contributed by atoms with Crippen molar-refractivity contribution in [2.24, 2.45) is 10.2 Å². The van der Waals surface area contributed by atoms with Crippen molar-refractivity contribution in [2.45, 2.75) is 143 Å². The number of hydrogen-bond donors (Lipinski definition) is 4. The highest BCUT2D eigenvalue weighted by molar-refractivity contribution is 7.86. The summed E-state index contributed by atoms with van der Waals surface area (Å²) in [4.78, 5) is 14.5. The van der Waals surface area contributed by atoms with Crippen LogP contribution in [0.3, 0.4) is 0 Å². The number of carbonyl (C=O) groups excluding carboxylic acids is 1. The molecule has 1 aromatic rings. The van der Waals surface area contributed by atoms with Gasteiger partial charge in [-0.1, -0.05) is 19.3 Å². The van der Waals surface area contributed by atoms with Gasteiger partial charge >= 0.3 is 0 Å². The Morgan fingerprint density at radius 1 is 0.907 bits per heavy atom. The maximum Gasteiger partial charge on any atom is 0.267 e. The number of nitriles is 1. The molecule has 0 aliphatic heterocycles. The molecular weight excluding hydrogens is 809 g/mol. The van der Waals surface area contributed by atoms with E-state index in [1.807, 2.05) is 0 Å². The lowest BCUT2D eigenvalue weighted by Crippen LogP contribution is -2.51. The highest BCUT2D eigenvalue weighted by Crippen LogP contribution is 2.44. The Balaban J connectivity index is 1.62. The molecule has 0 spiro atoms. The fraction of sp³-hybridized carbons (Fsp3) is 0.844. The first kappa shape index (κ1) is 44.8. The summed E-state index contributed by atoms with van der Waals surface area (Å²) in [6.45, 7) is 2.26. The van der Waals surface area contributed by atoms with Gasteiger partial charge in [0, 0.05) is 18.9 Å². The molecule has 54 heavy (non-hydrogen) atoms. The number of unbranched alkanes of at least 4 members (excludes halogenated alkanes) is 2. The van der Waals surface area contributed by atoms with Crippen LogP contribution in [-0.2, 0) is 35.1 Å². The summed E-state index contributed by atoms with van der Waals surface area (Å²) in [5.41, 5.74) is 0.776. The average molecular weight is 861 g/mol. The van der Waals surface area contributed by atoms with E-state index in [-0.39, 0.29) is 54.9 Å². The first-order chi connectivity index (χ1) is 25.3. The van der Waals surface area contributed by atoms with Crippen molar-refractivity contribution in [1.82, 2.24) is 20.0 Å². The lowest BCUT2D eigenvalue weighted by atomic mass is 9.85. The van der Waals surface area contributed by atoms with Gasteiger partial charge in [0.15, 0.2) is 5.82 Å². The van der Waals surface area contributed by atoms with Crippen molar-refractivity contribution in [3.05, 3.63) is 11.3 Å². The van der Waals surface area contributed by atoms with E-state index >= 15 is 0 Å². The van der Waals surface area contributed by atoms with E-state index in [9.17, 15) is 49.0 Å². The van der Waals surface area contributed by atoms with Crippen LogP contribution >= 0.6 is 23.2 Å². The number of halogens is 2. The van der Waals surface area contributed by atoms with Gasteiger partial charge in [-0.25, -0.2) is 4.68 Å². The Labute approximate surface area is 327 Å². The maximum absolute atomic E-state index is 12.4. The number of rotatable bonds is 17. The number of nitrogens with zero attached hydrogens (tertiary/aromatic N) is 6. The molecule has 3 aliphatic carbocycles. The quantitative estimate of drug-likeness (QED) is 0.0714. The van der Waals surface area contributed by atoms with Crippen LogP contribution in [0.25, 0.3) is 0 Å². The molecule has 5 unspecified atom stereocenters. The predicted molar refractivity (Wildman–Crippen MR) is 202 cm³/mol. The topological polar surface area (TPSA) is 262 Å². The van der Waals surface area contributed by atoms with Crippen LogP contribution in [0.5, 0.6) is 0 Å². The minimum Gasteiger partial charge on any atom is -0.351 e. The summed E-state index contributed by atoms with van der Waals surface area (Å²) >= 11 is 13.5. The molecule has 4 rings (SSSR count). The summed E-state index contributed by atoms with van der Waals surface area (Å²) in [5, 5.41) is 24.7. The van der Waals surface area contributed by atoms with Crippen LogP contribution in [0.15, 0.2) is 10.2 Å². The second-order valence-electron chi connectivity index (χ2n) is 14.7. The largest absolute Gasteiger partial charge is 0.351 e. The summed E-state index contributed by atoms with van der Waals surface area (Å²) in [6.07, 6.45) is 7.20. The molecule has 0 bridgehead atoms. The van der Waals surface area contributed by atoms with Crippen LogP contribution < -0.4 is 5.32 Å². The van der Waals surface area contributed by atoms with E-state index in [4.69, 9.17) is 28.3 Å². The molecule has 1 aromatic heterocycles. The van der Waals surface area contributed by atoms with Crippen molar-refractivity contribution in [3.8, 4) is 6.07 Å². The van der Waals surface area contributed by atoms with Gasteiger partial charge in [0.2, 0.25) is 5.91 Å². The predicted octanol–water partition coefficient (Wildman–Crippen LogP) is 4.76. The van der Waals surface area contributed by atoms with Crippen LogP contribution in [0.4, 0.5) is 5.82 Å². The zero-order valence-corrected chi connectivity index (χ0v) is 34.2. The minimum atomic E-state index is -4.41. The van der Waals surface area contributed by atoms with E-state index in [1.165, 1.54) is 11.6 Å². The summed E-state index contributed by atoms with van der Waals surface area (Å²) in [5.74, 6) is -0.976. The van der Waals surface area contributed by atoms with Gasteiger partial charge in [-0.2, -0.15) is 40.7 Å². The van der Waals surface area contributed by atoms with Crippen molar-refractivity contribution in [1.29, 1.82) is 5.26 Å². The van der Waals surface area contributed by atoms with Gasteiger partial charge in [-0.15, -0.1) is 28.3 Å². The minimum absolute atomic E-state index is 0.0103. The number of azo groups is 1. The Kier molecular flexibility index (Phi) is 16.1. The molecule has 3 saturated carbocycles. The SMILES string of the molecule is CC(=O)NC1CC(N(CCCCS(=O)(=O)O)CCCCS(=O)(=O)O)CCC1N=Nc1c(C#N)c(C2CCCCC2)nn1C1C(Cl)CC(S(=O)(=O)O)CC1Cl. The lowest BCUT2D eigenvalue weighted by Gasteiger charge is -2.40. The molecule has 3 aliphatic rings. The van der Waals surface area contributed by atoms with E-state index in [0.29, 0.717) is 50.9 Å². The van der Waals surface area contributed by atoms with Crippen LogP contribution in [-0.4, -0.2) is 118 Å². The zero-order chi connectivity index (χ0) is 39.8. The number of alkyl halides is 2. The van der Waals surface area contributed by atoms with E-state index in [1.54, 1.807) is 0 Å². The summed E-state index contributed by atoms with van der Waals surface area (Å²) in [7, 11) is -12.7. The number of amides is 1. The maximum atomic E-state index is 12.4. The molecule has 0 radical (unpaired) electrons. The molecule has 1 heterocycles. The number of carbonyl (C=O) groups is 1. The van der Waals surface area contributed by atoms with Crippen molar-refractivity contribution < 1.29 is 43.7 Å². The molecule has 4 N–H and O–H groups in total. The van der Waals surface area contributed by atoms with E-state index in [2.05, 4.69) is 26.5 Å². The fourth-order valence-corrected chi connectivity index (χ4v) is 11.3. The van der Waals surface area contributed by atoms with Crippen LogP contribution in [0.2, 0.25) is 0 Å². The summed E-state index contributed by atoms with van der Waals surface area (Å²) in [6, 6.07) is 0.331. The normalized spacial score (nSPS) is 27.6. The molecule has 22 heteroatoms. The smallest absolute Gasteiger partial charge is 0.267 e. The second-order valence-corrected chi connectivity index (χ2v) is 20.6. The van der Waals surface area contributed by atoms with Gasteiger partial charge in [0.25, 0.3) is 30.4 Å². The highest BCUT2D eigenvalue weighted by atomic mass is 35.5. The molecule has 17 nitrogen and oxygen atoms in total. The molecule has 1 amide bonds. The average Bonchev–Trinajstić information content (AvgIpc) is 3.43. The van der Waals surface area contributed by atoms with Crippen LogP contribution in [0, 0.1) is 11.3 Å². The Hall–Kier alpha value is -1.96. The van der Waals surface area contributed by atoms with E-state index in [0.717, 1.165) is 32.1 Å². The Bertz CT molecular complexity index is 1800. The Morgan fingerprint density at radius 3 is 1.98 bits per heavy atom. The van der Waals surface area contributed by atoms with Gasteiger partial charge < -0.3 is 10.2 Å². The van der Waals surface area contributed by atoms with Crippen molar-refractivity contribution in [3.63, 3.8) is 0 Å². The Morgan fingerprint density at radius 2 is 1.48 bits per heavy atom. The molecule has 0 aromatic carbocycles. The second kappa shape index (κ2) is 19.5. The number of aromatic nitrogens is 2. The van der Waals surface area contributed by atoms with Crippen LogP contribution in [0.1, 0.15) is 120 Å². The third-order valence-corrected chi connectivity index (χ3v) is 14.3. The summed E-state index contributed by atoms with van der Waals surface area (Å²) < 4.78 is 98.7. The van der Waals surface area contributed by atoms with Gasteiger partial charge in [0.1, 0.15) is 11.6 Å². The molecule has 306 valence electrons. The molecule has 5 atom stereocenters. The number of hydrogen-bond acceptors (Lipinski definition) is 12. The van der Waals surface area contributed by atoms with Gasteiger partial charge in [-0.3, -0.25) is 18.5 Å². The standard InChI is InChI=1S/C32H51Cl2N7O10S3/c1-21(42)36-29-17-23(40(13-5-7-15-52(43,44)45)14-6-8-16-53(46,47)48)11-12-28(29)37-38-32-25(20-35)30(22-9-3-2-4-10-22)39-41(32)31-26(33)18-24(19-27(31)34)54(49,50)51/h22-24,26-29,31H,2-19H2,1H3,(H,36,42)(H,43,44,45)(H,46,47,48)(H,49,50,51). The number of nitrogens with one attached hydrogen (secondary N) is 1. The van der Waals surface area contributed by atoms with Crippen molar-refractivity contribution >= 4 is 65.3 Å². The third kappa shape index (κ3) is 13.0. The fourth-order valence-electron chi connectivity index (χ4n) is 7.99. The van der Waals surface area contributed by atoms with Gasteiger partial charge in [0.05, 0.1) is 51.3 Å². The first-order valence-corrected chi connectivity index (χ1v) is 24.0. The third-order valence-electron chi connectivity index (χ3n) is 10.6. The molecule has 0 saturated heterocycles. The van der Waals surface area contributed by atoms with E-state index < -0.39 is 76.0 Å².